The molecule has 1 N–H and O–H groups in total. The number of benzene rings is 1. The molecule has 3 nitrogen and oxygen atoms in total. The van der Waals surface area contributed by atoms with Gasteiger partial charge in [-0.3, -0.25) is 0 Å². The van der Waals surface area contributed by atoms with Crippen LogP contribution in [0, 0.1) is 5.92 Å². The number of methoxy groups -OCH3 is 1. The fourth-order valence-electron chi connectivity index (χ4n) is 2.84. The molecule has 0 bridgehead atoms. The standard InChI is InChI=1S/C15H17NO2/c1-9-3-5-13-11(7-9)12-8-10(15(17)18-2)4-6-14(12)16-13/h4,6,8-9,16H,3,5,7H2,1-2H3/t9-/m0/s1. The van der Waals surface area contributed by atoms with E-state index in [-0.39, 0.29) is 5.97 Å². The molecule has 2 aromatic rings. The highest BCUT2D eigenvalue weighted by Crippen LogP contribution is 2.32. The number of aryl methyl sites for hydroxylation is 1. The molecule has 0 spiro atoms. The van der Waals surface area contributed by atoms with Crippen LogP contribution in [0.2, 0.25) is 0 Å². The summed E-state index contributed by atoms with van der Waals surface area (Å²) in [5.41, 5.74) is 4.48. The van der Waals surface area contributed by atoms with E-state index in [2.05, 4.69) is 11.9 Å². The molecule has 1 atom stereocenters. The number of nitrogens with one attached hydrogen (secondary N) is 1. The summed E-state index contributed by atoms with van der Waals surface area (Å²) >= 11 is 0. The van der Waals surface area contributed by atoms with Crippen molar-refractivity contribution in [3.05, 3.63) is 35.0 Å². The summed E-state index contributed by atoms with van der Waals surface area (Å²) in [7, 11) is 1.42. The third-order valence-corrected chi connectivity index (χ3v) is 3.86. The minimum absolute atomic E-state index is 0.268. The number of hydrogen-bond donors (Lipinski definition) is 1. The lowest BCUT2D eigenvalue weighted by molar-refractivity contribution is 0.0601. The van der Waals surface area contributed by atoms with Gasteiger partial charge in [-0.25, -0.2) is 4.79 Å². The Morgan fingerprint density at radius 2 is 2.28 bits per heavy atom. The molecule has 3 rings (SSSR count). The molecule has 0 aliphatic heterocycles. The van der Waals surface area contributed by atoms with E-state index >= 15 is 0 Å². The summed E-state index contributed by atoms with van der Waals surface area (Å²) in [4.78, 5) is 15.0. The maximum Gasteiger partial charge on any atom is 0.337 e. The van der Waals surface area contributed by atoms with Gasteiger partial charge in [-0.15, -0.1) is 0 Å². The first-order chi connectivity index (χ1) is 8.69. The number of esters is 1. The molecule has 1 aromatic heterocycles. The number of carbonyl (C=O) groups is 1. The van der Waals surface area contributed by atoms with Crippen molar-refractivity contribution in [2.75, 3.05) is 7.11 Å². The lowest BCUT2D eigenvalue weighted by Crippen LogP contribution is -2.10. The van der Waals surface area contributed by atoms with Crippen LogP contribution < -0.4 is 0 Å². The minimum atomic E-state index is -0.268. The van der Waals surface area contributed by atoms with Gasteiger partial charge in [0.2, 0.25) is 0 Å². The quantitative estimate of drug-likeness (QED) is 0.782. The summed E-state index contributed by atoms with van der Waals surface area (Å²) in [5.74, 6) is 0.453. The number of aromatic nitrogens is 1. The van der Waals surface area contributed by atoms with E-state index in [9.17, 15) is 4.79 Å². The Labute approximate surface area is 106 Å². The maximum absolute atomic E-state index is 11.6. The molecular weight excluding hydrogens is 226 g/mol. The van der Waals surface area contributed by atoms with Crippen molar-refractivity contribution >= 4 is 16.9 Å². The SMILES string of the molecule is COC(=O)c1ccc2[nH]c3c(c2c1)C[C@@H](C)CC3. The summed E-state index contributed by atoms with van der Waals surface area (Å²) in [5, 5.41) is 1.18. The number of ether oxygens (including phenoxy) is 1. The normalized spacial score (nSPS) is 18.7. The van der Waals surface area contributed by atoms with Crippen molar-refractivity contribution in [3.63, 3.8) is 0 Å². The minimum Gasteiger partial charge on any atom is -0.465 e. The molecule has 0 saturated carbocycles. The predicted octanol–water partition coefficient (Wildman–Crippen LogP) is 3.08. The van der Waals surface area contributed by atoms with Gasteiger partial charge in [0.15, 0.2) is 0 Å². The van der Waals surface area contributed by atoms with Crippen LogP contribution >= 0.6 is 0 Å². The molecule has 18 heavy (non-hydrogen) atoms. The molecule has 1 aromatic carbocycles. The van der Waals surface area contributed by atoms with E-state index in [1.807, 2.05) is 18.2 Å². The van der Waals surface area contributed by atoms with Crippen molar-refractivity contribution in [2.24, 2.45) is 5.92 Å². The van der Waals surface area contributed by atoms with E-state index in [1.165, 1.54) is 30.2 Å². The smallest absolute Gasteiger partial charge is 0.337 e. The average molecular weight is 243 g/mol. The second kappa shape index (κ2) is 4.16. The first kappa shape index (κ1) is 11.3. The second-order valence-corrected chi connectivity index (χ2v) is 5.18. The third-order valence-electron chi connectivity index (χ3n) is 3.86. The second-order valence-electron chi connectivity index (χ2n) is 5.18. The topological polar surface area (TPSA) is 42.1 Å². The van der Waals surface area contributed by atoms with Gasteiger partial charge in [-0.2, -0.15) is 0 Å². The molecule has 0 radical (unpaired) electrons. The van der Waals surface area contributed by atoms with E-state index in [1.54, 1.807) is 0 Å². The van der Waals surface area contributed by atoms with Crippen molar-refractivity contribution in [1.82, 2.24) is 4.98 Å². The van der Waals surface area contributed by atoms with Crippen molar-refractivity contribution in [1.29, 1.82) is 0 Å². The molecule has 3 heteroatoms. The highest BCUT2D eigenvalue weighted by molar-refractivity contribution is 5.96. The number of hydrogen-bond acceptors (Lipinski definition) is 2. The van der Waals surface area contributed by atoms with Crippen LogP contribution in [0.15, 0.2) is 18.2 Å². The lowest BCUT2D eigenvalue weighted by Gasteiger charge is -2.18. The van der Waals surface area contributed by atoms with Gasteiger partial charge >= 0.3 is 5.97 Å². The molecule has 0 saturated heterocycles. The highest BCUT2D eigenvalue weighted by atomic mass is 16.5. The zero-order valence-electron chi connectivity index (χ0n) is 10.7. The number of rotatable bonds is 1. The molecule has 0 unspecified atom stereocenters. The number of aromatic amines is 1. The van der Waals surface area contributed by atoms with Crippen molar-refractivity contribution < 1.29 is 9.53 Å². The van der Waals surface area contributed by atoms with Gasteiger partial charge in [0, 0.05) is 16.6 Å². The monoisotopic (exact) mass is 243 g/mol. The fraction of sp³-hybridized carbons (Fsp3) is 0.400. The Hall–Kier alpha value is -1.77. The maximum atomic E-state index is 11.6. The largest absolute Gasteiger partial charge is 0.465 e. The fourth-order valence-corrected chi connectivity index (χ4v) is 2.84. The summed E-state index contributed by atoms with van der Waals surface area (Å²) in [6, 6.07) is 5.75. The van der Waals surface area contributed by atoms with Gasteiger partial charge in [0.25, 0.3) is 0 Å². The van der Waals surface area contributed by atoms with Crippen LogP contribution in [0.5, 0.6) is 0 Å². The first-order valence-electron chi connectivity index (χ1n) is 6.41. The molecule has 0 fully saturated rings. The van der Waals surface area contributed by atoms with Gasteiger partial charge in [0.05, 0.1) is 12.7 Å². The third kappa shape index (κ3) is 1.70. The summed E-state index contributed by atoms with van der Waals surface area (Å²) in [6.45, 7) is 2.28. The summed E-state index contributed by atoms with van der Waals surface area (Å²) < 4.78 is 4.78. The van der Waals surface area contributed by atoms with Gasteiger partial charge in [-0.05, 0) is 48.9 Å². The zero-order valence-corrected chi connectivity index (χ0v) is 10.7. The van der Waals surface area contributed by atoms with Gasteiger partial charge in [0.1, 0.15) is 0 Å². The van der Waals surface area contributed by atoms with Crippen molar-refractivity contribution in [2.45, 2.75) is 26.2 Å². The van der Waals surface area contributed by atoms with Crippen LogP contribution in [-0.4, -0.2) is 18.1 Å². The van der Waals surface area contributed by atoms with Crippen LogP contribution in [0.1, 0.15) is 35.0 Å². The molecular formula is C15H17NO2. The zero-order chi connectivity index (χ0) is 12.7. The molecule has 94 valence electrons. The number of H-pyrrole nitrogens is 1. The molecule has 1 heterocycles. The number of carbonyl (C=O) groups excluding carboxylic acids is 1. The Morgan fingerprint density at radius 3 is 3.06 bits per heavy atom. The van der Waals surface area contributed by atoms with E-state index in [0.29, 0.717) is 5.56 Å². The van der Waals surface area contributed by atoms with Crippen LogP contribution in [0.4, 0.5) is 0 Å². The highest BCUT2D eigenvalue weighted by Gasteiger charge is 2.20. The first-order valence-corrected chi connectivity index (χ1v) is 6.41. The Bertz CT molecular complexity index is 612. The van der Waals surface area contributed by atoms with Crippen LogP contribution in [-0.2, 0) is 17.6 Å². The summed E-state index contributed by atoms with van der Waals surface area (Å²) in [6.07, 6.45) is 3.45. The van der Waals surface area contributed by atoms with Gasteiger partial charge < -0.3 is 9.72 Å². The van der Waals surface area contributed by atoms with Crippen LogP contribution in [0.3, 0.4) is 0 Å². The van der Waals surface area contributed by atoms with Crippen molar-refractivity contribution in [3.8, 4) is 0 Å². The number of fused-ring (bicyclic) bond motifs is 3. The van der Waals surface area contributed by atoms with E-state index < -0.39 is 0 Å². The van der Waals surface area contributed by atoms with Gasteiger partial charge in [-0.1, -0.05) is 6.92 Å². The van der Waals surface area contributed by atoms with E-state index in [4.69, 9.17) is 4.74 Å². The van der Waals surface area contributed by atoms with E-state index in [0.717, 1.165) is 24.3 Å². The Morgan fingerprint density at radius 1 is 1.44 bits per heavy atom. The predicted molar refractivity (Wildman–Crippen MR) is 70.8 cm³/mol. The Kier molecular flexibility index (Phi) is 2.62. The Balaban J connectivity index is 2.15. The lowest BCUT2D eigenvalue weighted by atomic mass is 9.87. The average Bonchev–Trinajstić information content (AvgIpc) is 2.75. The molecule has 1 aliphatic carbocycles. The molecule has 0 amide bonds. The molecule has 1 aliphatic rings. The van der Waals surface area contributed by atoms with Crippen LogP contribution in [0.25, 0.3) is 10.9 Å².